The molecule has 4 N–H and O–H groups in total. The molecule has 0 amide bonds. The molecule has 6 heteroatoms. The Labute approximate surface area is 65.4 Å². The minimum atomic E-state index is -1.85. The molecule has 0 aromatic heterocycles. The summed E-state index contributed by atoms with van der Waals surface area (Å²) in [7, 11) is -1.85. The van der Waals surface area contributed by atoms with Gasteiger partial charge in [0, 0.05) is 12.0 Å². The van der Waals surface area contributed by atoms with Crippen LogP contribution in [0.1, 0.15) is 6.92 Å². The minimum absolute atomic E-state index is 0.0995. The second kappa shape index (κ2) is 4.68. The lowest BCUT2D eigenvalue weighted by Crippen LogP contribution is -2.35. The van der Waals surface area contributed by atoms with Crippen LogP contribution in [-0.2, 0) is 4.65 Å². The van der Waals surface area contributed by atoms with Crippen molar-refractivity contribution in [2.24, 2.45) is 5.41 Å². The highest BCUT2D eigenvalue weighted by Crippen LogP contribution is 2.13. The quantitative estimate of drug-likeness (QED) is 0.351. The van der Waals surface area contributed by atoms with Gasteiger partial charge < -0.3 is 24.9 Å². The van der Waals surface area contributed by atoms with Crippen molar-refractivity contribution in [1.82, 2.24) is 0 Å². The van der Waals surface area contributed by atoms with Gasteiger partial charge in [-0.15, -0.1) is 0 Å². The molecule has 0 aromatic rings. The first-order valence-corrected chi connectivity index (χ1v) is 3.23. The zero-order valence-electron chi connectivity index (χ0n) is 6.40. The SMILES string of the molecule is CC(CO)(CO)COB(O)O. The van der Waals surface area contributed by atoms with Gasteiger partial charge in [0.2, 0.25) is 0 Å². The smallest absolute Gasteiger partial charge is 0.402 e. The summed E-state index contributed by atoms with van der Waals surface area (Å²) in [5.74, 6) is 0. The predicted molar refractivity (Wildman–Crippen MR) is 38.4 cm³/mol. The Morgan fingerprint density at radius 1 is 1.27 bits per heavy atom. The summed E-state index contributed by atoms with van der Waals surface area (Å²) in [4.78, 5) is 0. The maximum Gasteiger partial charge on any atom is 0.633 e. The van der Waals surface area contributed by atoms with Crippen molar-refractivity contribution in [3.05, 3.63) is 0 Å². The molecule has 0 heterocycles. The topological polar surface area (TPSA) is 90.2 Å². The Morgan fingerprint density at radius 3 is 2.00 bits per heavy atom. The van der Waals surface area contributed by atoms with Crippen LogP contribution < -0.4 is 0 Å². The first-order chi connectivity index (χ1) is 5.04. The molecule has 0 rings (SSSR count). The lowest BCUT2D eigenvalue weighted by Gasteiger charge is -2.23. The second-order valence-corrected chi connectivity index (χ2v) is 2.76. The number of hydrogen-bond acceptors (Lipinski definition) is 5. The van der Waals surface area contributed by atoms with Crippen LogP contribution in [0.2, 0.25) is 0 Å². The molecule has 0 aliphatic rings. The Kier molecular flexibility index (Phi) is 4.63. The third kappa shape index (κ3) is 4.33. The van der Waals surface area contributed by atoms with E-state index in [0.29, 0.717) is 0 Å². The summed E-state index contributed by atoms with van der Waals surface area (Å²) in [6.07, 6.45) is 0. The maximum atomic E-state index is 8.69. The van der Waals surface area contributed by atoms with E-state index in [0.717, 1.165) is 0 Å². The van der Waals surface area contributed by atoms with Crippen LogP contribution in [-0.4, -0.2) is 47.4 Å². The summed E-state index contributed by atoms with van der Waals surface area (Å²) < 4.78 is 4.38. The van der Waals surface area contributed by atoms with Gasteiger partial charge >= 0.3 is 7.32 Å². The van der Waals surface area contributed by atoms with E-state index in [1.54, 1.807) is 6.92 Å². The largest absolute Gasteiger partial charge is 0.633 e. The number of hydrogen-bond donors (Lipinski definition) is 4. The molecule has 0 spiro atoms. The summed E-state index contributed by atoms with van der Waals surface area (Å²) in [6.45, 7) is 0.930. The first-order valence-electron chi connectivity index (χ1n) is 3.23. The van der Waals surface area contributed by atoms with Gasteiger partial charge in [0.1, 0.15) is 0 Å². The Balaban J connectivity index is 3.69. The van der Waals surface area contributed by atoms with E-state index in [1.807, 2.05) is 0 Å². The summed E-state index contributed by atoms with van der Waals surface area (Å²) >= 11 is 0. The summed E-state index contributed by atoms with van der Waals surface area (Å²) in [5, 5.41) is 33.9. The first kappa shape index (κ1) is 10.9. The van der Waals surface area contributed by atoms with E-state index in [4.69, 9.17) is 20.3 Å². The van der Waals surface area contributed by atoms with Gasteiger partial charge in [-0.2, -0.15) is 0 Å². The zero-order chi connectivity index (χ0) is 8.91. The van der Waals surface area contributed by atoms with Gasteiger partial charge in [0.25, 0.3) is 0 Å². The molecule has 5 nitrogen and oxygen atoms in total. The van der Waals surface area contributed by atoms with Crippen molar-refractivity contribution in [2.45, 2.75) is 6.92 Å². The van der Waals surface area contributed by atoms with Crippen LogP contribution in [0.25, 0.3) is 0 Å². The molecule has 0 bridgehead atoms. The fraction of sp³-hybridized carbons (Fsp3) is 1.00. The average Bonchev–Trinajstić information content (AvgIpc) is 2.00. The second-order valence-electron chi connectivity index (χ2n) is 2.76. The lowest BCUT2D eigenvalue weighted by atomic mass is 9.94. The van der Waals surface area contributed by atoms with Gasteiger partial charge in [-0.25, -0.2) is 0 Å². The van der Waals surface area contributed by atoms with Crippen molar-refractivity contribution in [2.75, 3.05) is 19.8 Å². The molecule has 11 heavy (non-hydrogen) atoms. The predicted octanol–water partition coefficient (Wildman–Crippen LogP) is -2.04. The van der Waals surface area contributed by atoms with Crippen molar-refractivity contribution < 1.29 is 24.9 Å². The Morgan fingerprint density at radius 2 is 1.73 bits per heavy atom. The van der Waals surface area contributed by atoms with Crippen LogP contribution >= 0.6 is 0 Å². The molecule has 0 radical (unpaired) electrons. The fourth-order valence-electron chi connectivity index (χ4n) is 0.417. The van der Waals surface area contributed by atoms with E-state index in [2.05, 4.69) is 4.65 Å². The number of aliphatic hydroxyl groups is 2. The van der Waals surface area contributed by atoms with Crippen LogP contribution in [0, 0.1) is 5.41 Å². The number of aliphatic hydroxyl groups excluding tert-OH is 2. The Bertz CT molecular complexity index is 103. The van der Waals surface area contributed by atoms with Crippen molar-refractivity contribution in [3.8, 4) is 0 Å². The van der Waals surface area contributed by atoms with E-state index in [-0.39, 0.29) is 19.8 Å². The summed E-state index contributed by atoms with van der Waals surface area (Å²) in [6, 6.07) is 0. The number of rotatable bonds is 5. The highest BCUT2D eigenvalue weighted by Gasteiger charge is 2.25. The van der Waals surface area contributed by atoms with E-state index < -0.39 is 12.7 Å². The summed E-state index contributed by atoms with van der Waals surface area (Å²) in [5.41, 5.74) is -0.816. The van der Waals surface area contributed by atoms with Gasteiger partial charge in [0.05, 0.1) is 13.2 Å². The average molecular weight is 164 g/mol. The van der Waals surface area contributed by atoms with Gasteiger partial charge in [-0.1, -0.05) is 6.92 Å². The fourth-order valence-corrected chi connectivity index (χ4v) is 0.417. The van der Waals surface area contributed by atoms with E-state index in [1.165, 1.54) is 0 Å². The molecule has 0 saturated carbocycles. The van der Waals surface area contributed by atoms with Crippen LogP contribution in [0.15, 0.2) is 0 Å². The molecule has 0 saturated heterocycles. The third-order valence-corrected chi connectivity index (χ3v) is 1.34. The van der Waals surface area contributed by atoms with Gasteiger partial charge in [-0.05, 0) is 0 Å². The molecule has 0 aliphatic heterocycles. The van der Waals surface area contributed by atoms with Crippen molar-refractivity contribution in [1.29, 1.82) is 0 Å². The molecule has 66 valence electrons. The van der Waals surface area contributed by atoms with Crippen LogP contribution in [0.4, 0.5) is 0 Å². The molecular formula is C5H13BO5. The van der Waals surface area contributed by atoms with Gasteiger partial charge in [-0.3, -0.25) is 0 Å². The molecule has 0 fully saturated rings. The highest BCUT2D eigenvalue weighted by atomic mass is 16.6. The van der Waals surface area contributed by atoms with E-state index in [9.17, 15) is 0 Å². The normalized spacial score (nSPS) is 11.7. The maximum absolute atomic E-state index is 8.69. The van der Waals surface area contributed by atoms with Gasteiger partial charge in [0.15, 0.2) is 0 Å². The molecular weight excluding hydrogens is 151 g/mol. The van der Waals surface area contributed by atoms with Crippen LogP contribution in [0.3, 0.4) is 0 Å². The monoisotopic (exact) mass is 164 g/mol. The molecule has 0 unspecified atom stereocenters. The third-order valence-electron chi connectivity index (χ3n) is 1.34. The highest BCUT2D eigenvalue weighted by molar-refractivity contribution is 6.32. The minimum Gasteiger partial charge on any atom is -0.402 e. The lowest BCUT2D eigenvalue weighted by molar-refractivity contribution is 0.0132. The van der Waals surface area contributed by atoms with Crippen molar-refractivity contribution in [3.63, 3.8) is 0 Å². The molecule has 0 aliphatic carbocycles. The Hall–Kier alpha value is -0.135. The standard InChI is InChI=1S/C5H13BO5/c1-5(2-7,3-8)4-11-6(9)10/h7-10H,2-4H2,1H3. The molecule has 0 aromatic carbocycles. The molecule has 0 atom stereocenters. The van der Waals surface area contributed by atoms with E-state index >= 15 is 0 Å². The zero-order valence-corrected chi connectivity index (χ0v) is 6.40. The van der Waals surface area contributed by atoms with Crippen molar-refractivity contribution >= 4 is 7.32 Å². The van der Waals surface area contributed by atoms with Crippen LogP contribution in [0.5, 0.6) is 0 Å².